The van der Waals surface area contributed by atoms with Crippen molar-refractivity contribution in [1.29, 1.82) is 0 Å². The van der Waals surface area contributed by atoms with Crippen molar-refractivity contribution in [1.82, 2.24) is 5.32 Å². The van der Waals surface area contributed by atoms with Gasteiger partial charge < -0.3 is 11.1 Å². The maximum atomic E-state index is 5.66. The molecule has 3 N–H and O–H groups in total. The summed E-state index contributed by atoms with van der Waals surface area (Å²) in [6.07, 6.45) is 5.40. The first-order chi connectivity index (χ1) is 5.38. The van der Waals surface area contributed by atoms with Gasteiger partial charge in [-0.15, -0.1) is 0 Å². The van der Waals surface area contributed by atoms with Gasteiger partial charge in [0.25, 0.3) is 0 Å². The van der Waals surface area contributed by atoms with Crippen LogP contribution in [0.15, 0.2) is 0 Å². The average Bonchev–Trinajstić information content (AvgIpc) is 1.93. The van der Waals surface area contributed by atoms with Gasteiger partial charge in [0.2, 0.25) is 0 Å². The maximum Gasteiger partial charge on any atom is 0.0218 e. The number of nitrogens with one attached hydrogen (secondary N) is 1. The molecule has 1 atom stereocenters. The summed E-state index contributed by atoms with van der Waals surface area (Å²) >= 11 is 0. The Balaban J connectivity index is 2.13. The van der Waals surface area contributed by atoms with Crippen LogP contribution in [0.2, 0.25) is 0 Å². The Bertz CT molecular complexity index is 99.7. The molecule has 1 aliphatic carbocycles. The fourth-order valence-electron chi connectivity index (χ4n) is 1.61. The van der Waals surface area contributed by atoms with E-state index in [2.05, 4.69) is 12.2 Å². The van der Waals surface area contributed by atoms with Crippen molar-refractivity contribution in [3.05, 3.63) is 0 Å². The van der Waals surface area contributed by atoms with Crippen molar-refractivity contribution in [2.45, 2.75) is 38.6 Å². The summed E-state index contributed by atoms with van der Waals surface area (Å²) in [4.78, 5) is 0. The topological polar surface area (TPSA) is 38.0 Å². The summed E-state index contributed by atoms with van der Waals surface area (Å²) in [7, 11) is 0. The van der Waals surface area contributed by atoms with Crippen LogP contribution in [0.25, 0.3) is 0 Å². The molecule has 1 rings (SSSR count). The first-order valence-electron chi connectivity index (χ1n) is 4.82. The van der Waals surface area contributed by atoms with Crippen LogP contribution in [0.3, 0.4) is 0 Å². The molecule has 0 radical (unpaired) electrons. The molecule has 0 saturated heterocycles. The summed E-state index contributed by atoms with van der Waals surface area (Å²) in [5, 5.41) is 3.50. The van der Waals surface area contributed by atoms with E-state index in [-0.39, 0.29) is 0 Å². The van der Waals surface area contributed by atoms with E-state index < -0.39 is 0 Å². The largest absolute Gasteiger partial charge is 0.329 e. The van der Waals surface area contributed by atoms with E-state index in [0.717, 1.165) is 19.0 Å². The second-order valence-corrected chi connectivity index (χ2v) is 3.49. The fourth-order valence-corrected chi connectivity index (χ4v) is 1.61. The highest BCUT2D eigenvalue weighted by Gasteiger charge is 2.25. The predicted octanol–water partition coefficient (Wildman–Crippen LogP) is 1.11. The van der Waals surface area contributed by atoms with Crippen molar-refractivity contribution in [3.63, 3.8) is 0 Å². The van der Waals surface area contributed by atoms with Gasteiger partial charge in [0, 0.05) is 12.6 Å². The molecule has 2 nitrogen and oxygen atoms in total. The van der Waals surface area contributed by atoms with Crippen LogP contribution in [-0.4, -0.2) is 19.1 Å². The number of hydrogen-bond donors (Lipinski definition) is 2. The van der Waals surface area contributed by atoms with Gasteiger partial charge in [-0.3, -0.25) is 0 Å². The molecular formula is C9H20N2. The van der Waals surface area contributed by atoms with Crippen molar-refractivity contribution in [3.8, 4) is 0 Å². The molecule has 66 valence electrons. The van der Waals surface area contributed by atoms with E-state index in [1.54, 1.807) is 0 Å². The third-order valence-corrected chi connectivity index (χ3v) is 2.63. The Morgan fingerprint density at radius 2 is 2.27 bits per heavy atom. The van der Waals surface area contributed by atoms with Gasteiger partial charge in [-0.05, 0) is 31.7 Å². The highest BCUT2D eigenvalue weighted by atomic mass is 14.9. The quantitative estimate of drug-likeness (QED) is 0.626. The van der Waals surface area contributed by atoms with Crippen LogP contribution in [0, 0.1) is 5.92 Å². The Labute approximate surface area is 69.5 Å². The molecule has 0 bridgehead atoms. The van der Waals surface area contributed by atoms with Crippen molar-refractivity contribution < 1.29 is 0 Å². The van der Waals surface area contributed by atoms with E-state index in [4.69, 9.17) is 5.73 Å². The zero-order valence-electron chi connectivity index (χ0n) is 7.47. The maximum absolute atomic E-state index is 5.66. The number of rotatable bonds is 5. The minimum absolute atomic E-state index is 0.601. The lowest BCUT2D eigenvalue weighted by atomic mass is 9.79. The van der Waals surface area contributed by atoms with E-state index in [9.17, 15) is 0 Å². The van der Waals surface area contributed by atoms with Gasteiger partial charge >= 0.3 is 0 Å². The Kier molecular flexibility index (Phi) is 3.87. The number of hydrogen-bond acceptors (Lipinski definition) is 2. The zero-order valence-corrected chi connectivity index (χ0v) is 7.47. The molecule has 11 heavy (non-hydrogen) atoms. The monoisotopic (exact) mass is 156 g/mol. The third-order valence-electron chi connectivity index (χ3n) is 2.63. The molecule has 0 amide bonds. The minimum Gasteiger partial charge on any atom is -0.329 e. The molecule has 0 aromatic rings. The zero-order chi connectivity index (χ0) is 8.10. The van der Waals surface area contributed by atoms with E-state index in [1.807, 2.05) is 0 Å². The van der Waals surface area contributed by atoms with Gasteiger partial charge in [-0.25, -0.2) is 0 Å². The lowest BCUT2D eigenvalue weighted by Crippen LogP contribution is -2.44. The predicted molar refractivity (Wildman–Crippen MR) is 48.5 cm³/mol. The van der Waals surface area contributed by atoms with Gasteiger partial charge in [-0.1, -0.05) is 13.3 Å². The molecule has 1 saturated carbocycles. The normalized spacial score (nSPS) is 21.3. The standard InChI is InChI=1S/C9H20N2/c1-2-6-11-9(7-10)8-4-3-5-8/h8-9,11H,2-7,10H2,1H3. The third kappa shape index (κ3) is 2.46. The van der Waals surface area contributed by atoms with Crippen LogP contribution < -0.4 is 11.1 Å². The Hall–Kier alpha value is -0.0800. The van der Waals surface area contributed by atoms with E-state index in [1.165, 1.54) is 25.7 Å². The molecule has 0 heterocycles. The summed E-state index contributed by atoms with van der Waals surface area (Å²) in [5.74, 6) is 0.881. The first-order valence-corrected chi connectivity index (χ1v) is 4.82. The molecule has 0 aromatic heterocycles. The number of nitrogens with two attached hydrogens (primary N) is 1. The Morgan fingerprint density at radius 1 is 1.55 bits per heavy atom. The van der Waals surface area contributed by atoms with Gasteiger partial charge in [0.05, 0.1) is 0 Å². The molecule has 1 aliphatic rings. The molecule has 0 aromatic carbocycles. The van der Waals surface area contributed by atoms with Crippen LogP contribution in [0.1, 0.15) is 32.6 Å². The minimum atomic E-state index is 0.601. The molecule has 1 unspecified atom stereocenters. The highest BCUT2D eigenvalue weighted by molar-refractivity contribution is 4.82. The second-order valence-electron chi connectivity index (χ2n) is 3.49. The highest BCUT2D eigenvalue weighted by Crippen LogP contribution is 2.28. The lowest BCUT2D eigenvalue weighted by Gasteiger charge is -2.33. The summed E-state index contributed by atoms with van der Waals surface area (Å²) in [6.45, 7) is 4.13. The second kappa shape index (κ2) is 4.73. The molecule has 0 aliphatic heterocycles. The molecule has 1 fully saturated rings. The summed E-state index contributed by atoms with van der Waals surface area (Å²) < 4.78 is 0. The van der Waals surface area contributed by atoms with Gasteiger partial charge in [0.1, 0.15) is 0 Å². The van der Waals surface area contributed by atoms with Crippen molar-refractivity contribution >= 4 is 0 Å². The molecule has 0 spiro atoms. The fraction of sp³-hybridized carbons (Fsp3) is 1.00. The summed E-state index contributed by atoms with van der Waals surface area (Å²) in [6, 6.07) is 0.601. The van der Waals surface area contributed by atoms with Crippen LogP contribution in [0.4, 0.5) is 0 Å². The van der Waals surface area contributed by atoms with E-state index >= 15 is 0 Å². The average molecular weight is 156 g/mol. The first kappa shape index (κ1) is 9.01. The summed E-state index contributed by atoms with van der Waals surface area (Å²) in [5.41, 5.74) is 5.66. The Morgan fingerprint density at radius 3 is 2.64 bits per heavy atom. The van der Waals surface area contributed by atoms with Gasteiger partial charge in [0.15, 0.2) is 0 Å². The van der Waals surface area contributed by atoms with Crippen LogP contribution in [0.5, 0.6) is 0 Å². The smallest absolute Gasteiger partial charge is 0.0218 e. The van der Waals surface area contributed by atoms with Crippen molar-refractivity contribution in [2.24, 2.45) is 11.7 Å². The lowest BCUT2D eigenvalue weighted by molar-refractivity contribution is 0.233. The SMILES string of the molecule is CCCNC(CN)C1CCC1. The molecular weight excluding hydrogens is 136 g/mol. The van der Waals surface area contributed by atoms with Crippen molar-refractivity contribution in [2.75, 3.05) is 13.1 Å². The van der Waals surface area contributed by atoms with Crippen LogP contribution >= 0.6 is 0 Å². The molecule has 2 heteroatoms. The van der Waals surface area contributed by atoms with Crippen LogP contribution in [-0.2, 0) is 0 Å². The van der Waals surface area contributed by atoms with Gasteiger partial charge in [-0.2, -0.15) is 0 Å². The van der Waals surface area contributed by atoms with E-state index in [0.29, 0.717) is 6.04 Å².